The van der Waals surface area contributed by atoms with Crippen LogP contribution in [0, 0.1) is 6.92 Å². The molecule has 1 unspecified atom stereocenters. The Labute approximate surface area is 113 Å². The zero-order chi connectivity index (χ0) is 13.2. The molecule has 2 aromatic rings. The first-order valence-electron chi connectivity index (χ1n) is 6.52. The van der Waals surface area contributed by atoms with Crippen LogP contribution < -0.4 is 0 Å². The minimum atomic E-state index is 0.248. The van der Waals surface area contributed by atoms with Gasteiger partial charge in [-0.05, 0) is 24.6 Å². The van der Waals surface area contributed by atoms with Gasteiger partial charge < -0.3 is 0 Å². The van der Waals surface area contributed by atoms with E-state index in [0.717, 1.165) is 17.8 Å². The summed E-state index contributed by atoms with van der Waals surface area (Å²) in [5.41, 5.74) is 4.70. The van der Waals surface area contributed by atoms with Crippen LogP contribution in [0.25, 0.3) is 0 Å². The molecule has 19 heavy (non-hydrogen) atoms. The SMILES string of the molecule is Cc1ccc(C2=NN(C)C(c3ccccn3)C2)cc1. The summed E-state index contributed by atoms with van der Waals surface area (Å²) in [4.78, 5) is 4.44. The zero-order valence-corrected chi connectivity index (χ0v) is 11.2. The molecule has 3 rings (SSSR count). The molecule has 0 saturated heterocycles. The highest BCUT2D eigenvalue weighted by molar-refractivity contribution is 6.01. The van der Waals surface area contributed by atoms with E-state index in [1.807, 2.05) is 30.4 Å². The smallest absolute Gasteiger partial charge is 0.0943 e. The van der Waals surface area contributed by atoms with E-state index in [2.05, 4.69) is 47.3 Å². The molecular weight excluding hydrogens is 234 g/mol. The first-order chi connectivity index (χ1) is 9.24. The van der Waals surface area contributed by atoms with Gasteiger partial charge >= 0.3 is 0 Å². The molecule has 0 N–H and O–H groups in total. The van der Waals surface area contributed by atoms with Crippen molar-refractivity contribution in [2.45, 2.75) is 19.4 Å². The van der Waals surface area contributed by atoms with Crippen LogP contribution in [0.2, 0.25) is 0 Å². The molecule has 96 valence electrons. The van der Waals surface area contributed by atoms with Crippen molar-refractivity contribution >= 4 is 5.71 Å². The lowest BCUT2D eigenvalue weighted by atomic mass is 10.0. The molecule has 1 aliphatic rings. The molecule has 3 nitrogen and oxygen atoms in total. The molecule has 1 aliphatic heterocycles. The summed E-state index contributed by atoms with van der Waals surface area (Å²) < 4.78 is 0. The van der Waals surface area contributed by atoms with E-state index >= 15 is 0 Å². The summed E-state index contributed by atoms with van der Waals surface area (Å²) in [5, 5.41) is 6.67. The third-order valence-corrected chi connectivity index (χ3v) is 3.53. The van der Waals surface area contributed by atoms with Crippen LogP contribution >= 0.6 is 0 Å². The summed E-state index contributed by atoms with van der Waals surface area (Å²) in [7, 11) is 2.01. The molecule has 0 saturated carbocycles. The average Bonchev–Trinajstić information content (AvgIpc) is 2.83. The average molecular weight is 251 g/mol. The van der Waals surface area contributed by atoms with Crippen LogP contribution in [0.3, 0.4) is 0 Å². The Kier molecular flexibility index (Phi) is 3.03. The van der Waals surface area contributed by atoms with Crippen LogP contribution in [0.5, 0.6) is 0 Å². The predicted molar refractivity (Wildman–Crippen MR) is 77.1 cm³/mol. The molecule has 0 amide bonds. The van der Waals surface area contributed by atoms with Crippen molar-refractivity contribution in [2.75, 3.05) is 7.05 Å². The second-order valence-electron chi connectivity index (χ2n) is 4.96. The molecular formula is C16H17N3. The Balaban J connectivity index is 1.84. The standard InChI is InChI=1S/C16H17N3/c1-12-6-8-13(9-7-12)15-11-16(19(2)18-15)14-5-3-4-10-17-14/h3-10,16H,11H2,1-2H3. The number of benzene rings is 1. The number of hydrogen-bond acceptors (Lipinski definition) is 3. The lowest BCUT2D eigenvalue weighted by molar-refractivity contribution is 0.284. The first kappa shape index (κ1) is 11.9. The van der Waals surface area contributed by atoms with Gasteiger partial charge in [0.05, 0.1) is 17.4 Å². The van der Waals surface area contributed by atoms with E-state index in [1.165, 1.54) is 11.1 Å². The van der Waals surface area contributed by atoms with Gasteiger partial charge in [-0.25, -0.2) is 0 Å². The Hall–Kier alpha value is -2.16. The highest BCUT2D eigenvalue weighted by atomic mass is 15.5. The van der Waals surface area contributed by atoms with Gasteiger partial charge in [-0.2, -0.15) is 5.10 Å². The van der Waals surface area contributed by atoms with Crippen molar-refractivity contribution in [3.05, 3.63) is 65.5 Å². The third kappa shape index (κ3) is 2.36. The Morgan fingerprint density at radius 3 is 2.58 bits per heavy atom. The number of aryl methyl sites for hydroxylation is 1. The lowest BCUT2D eigenvalue weighted by Crippen LogP contribution is -2.15. The molecule has 1 aromatic heterocycles. The van der Waals surface area contributed by atoms with Gasteiger partial charge in [0.2, 0.25) is 0 Å². The number of nitrogens with zero attached hydrogens (tertiary/aromatic N) is 3. The quantitative estimate of drug-likeness (QED) is 0.820. The van der Waals surface area contributed by atoms with Crippen molar-refractivity contribution < 1.29 is 0 Å². The lowest BCUT2D eigenvalue weighted by Gasteiger charge is -2.17. The fourth-order valence-electron chi connectivity index (χ4n) is 2.41. The topological polar surface area (TPSA) is 28.5 Å². The fraction of sp³-hybridized carbons (Fsp3) is 0.250. The highest BCUT2D eigenvalue weighted by Gasteiger charge is 2.26. The van der Waals surface area contributed by atoms with Crippen molar-refractivity contribution in [1.29, 1.82) is 0 Å². The summed E-state index contributed by atoms with van der Waals surface area (Å²) in [6, 6.07) is 14.8. The van der Waals surface area contributed by atoms with Crippen molar-refractivity contribution in [1.82, 2.24) is 9.99 Å². The van der Waals surface area contributed by atoms with E-state index in [4.69, 9.17) is 0 Å². The summed E-state index contributed by atoms with van der Waals surface area (Å²) in [5.74, 6) is 0. The summed E-state index contributed by atoms with van der Waals surface area (Å²) in [6.45, 7) is 2.10. The van der Waals surface area contributed by atoms with Crippen LogP contribution in [0.15, 0.2) is 53.8 Å². The Bertz CT molecular complexity index is 587. The normalized spacial score (nSPS) is 18.5. The minimum absolute atomic E-state index is 0.248. The van der Waals surface area contributed by atoms with E-state index in [9.17, 15) is 0 Å². The maximum atomic E-state index is 4.66. The van der Waals surface area contributed by atoms with Crippen LogP contribution in [0.4, 0.5) is 0 Å². The van der Waals surface area contributed by atoms with Gasteiger partial charge in [0.1, 0.15) is 0 Å². The fourth-order valence-corrected chi connectivity index (χ4v) is 2.41. The minimum Gasteiger partial charge on any atom is -0.290 e. The number of aromatic nitrogens is 1. The highest BCUT2D eigenvalue weighted by Crippen LogP contribution is 2.29. The van der Waals surface area contributed by atoms with E-state index in [1.54, 1.807) is 0 Å². The molecule has 0 fully saturated rings. The van der Waals surface area contributed by atoms with Gasteiger partial charge in [0, 0.05) is 19.7 Å². The number of rotatable bonds is 2. The van der Waals surface area contributed by atoms with Gasteiger partial charge in [-0.15, -0.1) is 0 Å². The van der Waals surface area contributed by atoms with Gasteiger partial charge in [0.25, 0.3) is 0 Å². The van der Waals surface area contributed by atoms with E-state index in [0.29, 0.717) is 0 Å². The maximum Gasteiger partial charge on any atom is 0.0943 e. The Morgan fingerprint density at radius 1 is 1.11 bits per heavy atom. The molecule has 1 aromatic carbocycles. The second-order valence-corrected chi connectivity index (χ2v) is 4.96. The van der Waals surface area contributed by atoms with Crippen LogP contribution in [-0.2, 0) is 0 Å². The van der Waals surface area contributed by atoms with E-state index in [-0.39, 0.29) is 6.04 Å². The molecule has 1 atom stereocenters. The number of hydrazone groups is 1. The maximum absolute atomic E-state index is 4.66. The van der Waals surface area contributed by atoms with Crippen LogP contribution in [0.1, 0.15) is 29.3 Å². The summed E-state index contributed by atoms with van der Waals surface area (Å²) in [6.07, 6.45) is 2.75. The van der Waals surface area contributed by atoms with Crippen molar-refractivity contribution in [3.63, 3.8) is 0 Å². The van der Waals surface area contributed by atoms with E-state index < -0.39 is 0 Å². The largest absolute Gasteiger partial charge is 0.290 e. The van der Waals surface area contributed by atoms with Crippen molar-refractivity contribution in [3.8, 4) is 0 Å². The third-order valence-electron chi connectivity index (χ3n) is 3.53. The number of hydrogen-bond donors (Lipinski definition) is 0. The monoisotopic (exact) mass is 251 g/mol. The second kappa shape index (κ2) is 4.84. The van der Waals surface area contributed by atoms with Crippen molar-refractivity contribution in [2.24, 2.45) is 5.10 Å². The molecule has 0 spiro atoms. The predicted octanol–water partition coefficient (Wildman–Crippen LogP) is 3.17. The van der Waals surface area contributed by atoms with Gasteiger partial charge in [0.15, 0.2) is 0 Å². The summed E-state index contributed by atoms with van der Waals surface area (Å²) >= 11 is 0. The van der Waals surface area contributed by atoms with Gasteiger partial charge in [-0.3, -0.25) is 9.99 Å². The Morgan fingerprint density at radius 2 is 1.89 bits per heavy atom. The zero-order valence-electron chi connectivity index (χ0n) is 11.2. The first-order valence-corrected chi connectivity index (χ1v) is 6.52. The molecule has 3 heteroatoms. The van der Waals surface area contributed by atoms with Gasteiger partial charge in [-0.1, -0.05) is 35.9 Å². The molecule has 2 heterocycles. The molecule has 0 aliphatic carbocycles. The van der Waals surface area contributed by atoms with Crippen LogP contribution in [-0.4, -0.2) is 22.8 Å². The molecule has 0 bridgehead atoms. The number of pyridine rings is 1. The molecule has 0 radical (unpaired) electrons.